The highest BCUT2D eigenvalue weighted by atomic mass is 16.5. The summed E-state index contributed by atoms with van der Waals surface area (Å²) in [7, 11) is 1.85. The first-order valence-electron chi connectivity index (χ1n) is 10.5. The number of hydrogen-bond acceptors (Lipinski definition) is 2. The molecule has 1 saturated heterocycles. The van der Waals surface area contributed by atoms with E-state index in [1.54, 1.807) is 0 Å². The molecule has 2 fully saturated rings. The quantitative estimate of drug-likeness (QED) is 0.590. The van der Waals surface area contributed by atoms with Gasteiger partial charge in [-0.1, -0.05) is 60.7 Å². The molecule has 2 unspecified atom stereocenters. The Balaban J connectivity index is 1.33. The van der Waals surface area contributed by atoms with Crippen molar-refractivity contribution in [2.45, 2.75) is 37.2 Å². The van der Waals surface area contributed by atoms with E-state index < -0.39 is 0 Å². The van der Waals surface area contributed by atoms with E-state index in [0.717, 1.165) is 32.1 Å². The number of aliphatic imine (C=N–C) groups is 1. The molecule has 148 valence electrons. The van der Waals surface area contributed by atoms with Gasteiger partial charge in [-0.15, -0.1) is 0 Å². The molecular weight excluding hydrogens is 346 g/mol. The Kier molecular flexibility index (Phi) is 5.96. The van der Waals surface area contributed by atoms with Gasteiger partial charge in [0.15, 0.2) is 5.96 Å². The van der Waals surface area contributed by atoms with Crippen LogP contribution in [0.5, 0.6) is 0 Å². The lowest BCUT2D eigenvalue weighted by Gasteiger charge is -2.32. The number of nitrogens with one attached hydrogen (secondary N) is 2. The highest BCUT2D eigenvalue weighted by Crippen LogP contribution is 2.47. The fourth-order valence-corrected chi connectivity index (χ4v) is 4.27. The molecule has 28 heavy (non-hydrogen) atoms. The van der Waals surface area contributed by atoms with E-state index in [1.165, 1.54) is 30.4 Å². The van der Waals surface area contributed by atoms with Gasteiger partial charge in [0.25, 0.3) is 0 Å². The maximum absolute atomic E-state index is 6.12. The van der Waals surface area contributed by atoms with E-state index in [-0.39, 0.29) is 11.5 Å². The molecule has 0 aromatic heterocycles. The summed E-state index contributed by atoms with van der Waals surface area (Å²) in [6.45, 7) is 2.65. The molecule has 1 saturated carbocycles. The standard InChI is InChI=1S/C24H31N3O/c1-25-23(27-18-24(14-15-24)21-12-6-3-7-13-21)26-17-20-11-8-16-28-22(20)19-9-4-2-5-10-19/h2-7,9-10,12-13,20,22H,8,11,14-18H2,1H3,(H2,25,26,27). The monoisotopic (exact) mass is 377 g/mol. The second-order valence-corrected chi connectivity index (χ2v) is 8.06. The van der Waals surface area contributed by atoms with Crippen molar-refractivity contribution in [3.63, 3.8) is 0 Å². The van der Waals surface area contributed by atoms with Crippen molar-refractivity contribution in [3.8, 4) is 0 Å². The van der Waals surface area contributed by atoms with Crippen molar-refractivity contribution in [3.05, 3.63) is 71.8 Å². The number of rotatable bonds is 6. The van der Waals surface area contributed by atoms with Crippen molar-refractivity contribution in [1.29, 1.82) is 0 Å². The predicted octanol–water partition coefficient (Wildman–Crippen LogP) is 4.05. The fraction of sp³-hybridized carbons (Fsp3) is 0.458. The lowest BCUT2D eigenvalue weighted by Crippen LogP contribution is -2.44. The van der Waals surface area contributed by atoms with Gasteiger partial charge in [0.05, 0.1) is 6.10 Å². The molecule has 0 spiro atoms. The minimum absolute atomic E-state index is 0.166. The molecule has 1 aliphatic heterocycles. The Morgan fingerprint density at radius 2 is 1.75 bits per heavy atom. The Labute approximate surface area is 168 Å². The van der Waals surface area contributed by atoms with Crippen LogP contribution >= 0.6 is 0 Å². The maximum Gasteiger partial charge on any atom is 0.191 e. The second-order valence-electron chi connectivity index (χ2n) is 8.06. The second kappa shape index (κ2) is 8.78. The molecule has 4 nitrogen and oxygen atoms in total. The SMILES string of the molecule is CN=C(NCC1CCCOC1c1ccccc1)NCC1(c2ccccc2)CC1. The summed E-state index contributed by atoms with van der Waals surface area (Å²) in [5.74, 6) is 1.35. The van der Waals surface area contributed by atoms with Gasteiger partial charge in [-0.2, -0.15) is 0 Å². The first kappa shape index (κ1) is 19.0. The van der Waals surface area contributed by atoms with E-state index >= 15 is 0 Å². The predicted molar refractivity (Wildman–Crippen MR) is 115 cm³/mol. The van der Waals surface area contributed by atoms with Crippen LogP contribution in [-0.2, 0) is 10.2 Å². The topological polar surface area (TPSA) is 45.7 Å². The summed E-state index contributed by atoms with van der Waals surface area (Å²) in [6.07, 6.45) is 4.96. The van der Waals surface area contributed by atoms with Gasteiger partial charge in [-0.05, 0) is 36.8 Å². The Morgan fingerprint density at radius 3 is 2.43 bits per heavy atom. The number of benzene rings is 2. The average molecular weight is 378 g/mol. The summed E-state index contributed by atoms with van der Waals surface area (Å²) in [4.78, 5) is 4.45. The van der Waals surface area contributed by atoms with Crippen LogP contribution in [0.3, 0.4) is 0 Å². The van der Waals surface area contributed by atoms with Crippen LogP contribution in [-0.4, -0.2) is 32.7 Å². The van der Waals surface area contributed by atoms with E-state index in [9.17, 15) is 0 Å². The number of guanidine groups is 1. The van der Waals surface area contributed by atoms with Gasteiger partial charge in [-0.25, -0.2) is 0 Å². The first-order valence-corrected chi connectivity index (χ1v) is 10.5. The molecule has 2 aromatic rings. The lowest BCUT2D eigenvalue weighted by molar-refractivity contribution is -0.0265. The van der Waals surface area contributed by atoms with Crippen LogP contribution in [0, 0.1) is 5.92 Å². The third kappa shape index (κ3) is 4.39. The largest absolute Gasteiger partial charge is 0.373 e. The summed E-state index contributed by atoms with van der Waals surface area (Å²) < 4.78 is 6.12. The van der Waals surface area contributed by atoms with Crippen LogP contribution in [0.2, 0.25) is 0 Å². The summed E-state index contributed by atoms with van der Waals surface area (Å²) in [5.41, 5.74) is 2.99. The number of nitrogens with zero attached hydrogens (tertiary/aromatic N) is 1. The van der Waals surface area contributed by atoms with Crippen LogP contribution in [0.25, 0.3) is 0 Å². The Morgan fingerprint density at radius 1 is 1.04 bits per heavy atom. The third-order valence-electron chi connectivity index (χ3n) is 6.16. The van der Waals surface area contributed by atoms with E-state index in [2.05, 4.69) is 76.3 Å². The Hall–Kier alpha value is -2.33. The van der Waals surface area contributed by atoms with Crippen LogP contribution in [0.4, 0.5) is 0 Å². The van der Waals surface area contributed by atoms with Crippen molar-refractivity contribution >= 4 is 5.96 Å². The minimum atomic E-state index is 0.166. The van der Waals surface area contributed by atoms with Crippen LogP contribution < -0.4 is 10.6 Å². The average Bonchev–Trinajstić information content (AvgIpc) is 3.57. The van der Waals surface area contributed by atoms with Gasteiger partial charge in [-0.3, -0.25) is 4.99 Å². The number of ether oxygens (including phenoxy) is 1. The van der Waals surface area contributed by atoms with E-state index in [1.807, 2.05) is 7.05 Å². The van der Waals surface area contributed by atoms with Gasteiger partial charge in [0, 0.05) is 38.1 Å². The van der Waals surface area contributed by atoms with Crippen molar-refractivity contribution in [2.24, 2.45) is 10.9 Å². The molecule has 4 heteroatoms. The van der Waals surface area contributed by atoms with Gasteiger partial charge >= 0.3 is 0 Å². The van der Waals surface area contributed by atoms with Crippen molar-refractivity contribution in [2.75, 3.05) is 26.7 Å². The highest BCUT2D eigenvalue weighted by molar-refractivity contribution is 5.79. The van der Waals surface area contributed by atoms with Crippen LogP contribution in [0.1, 0.15) is 42.9 Å². The zero-order chi connectivity index (χ0) is 19.2. The molecule has 2 N–H and O–H groups in total. The summed E-state index contributed by atoms with van der Waals surface area (Å²) in [5, 5.41) is 7.11. The molecule has 4 rings (SSSR count). The number of hydrogen-bond donors (Lipinski definition) is 2. The van der Waals surface area contributed by atoms with E-state index in [0.29, 0.717) is 5.92 Å². The fourth-order valence-electron chi connectivity index (χ4n) is 4.27. The molecule has 2 atom stereocenters. The van der Waals surface area contributed by atoms with E-state index in [4.69, 9.17) is 4.74 Å². The highest BCUT2D eigenvalue weighted by Gasteiger charge is 2.44. The zero-order valence-corrected chi connectivity index (χ0v) is 16.7. The minimum Gasteiger partial charge on any atom is -0.373 e. The molecule has 0 bridgehead atoms. The third-order valence-corrected chi connectivity index (χ3v) is 6.16. The molecule has 1 heterocycles. The van der Waals surface area contributed by atoms with Crippen LogP contribution in [0.15, 0.2) is 65.7 Å². The lowest BCUT2D eigenvalue weighted by atomic mass is 9.89. The van der Waals surface area contributed by atoms with Gasteiger partial charge in [0.1, 0.15) is 0 Å². The smallest absolute Gasteiger partial charge is 0.191 e. The first-order chi connectivity index (χ1) is 13.8. The van der Waals surface area contributed by atoms with Gasteiger partial charge < -0.3 is 15.4 Å². The summed E-state index contributed by atoms with van der Waals surface area (Å²) in [6, 6.07) is 21.4. The maximum atomic E-state index is 6.12. The summed E-state index contributed by atoms with van der Waals surface area (Å²) >= 11 is 0. The normalized spacial score (nSPS) is 23.8. The molecule has 2 aliphatic rings. The van der Waals surface area contributed by atoms with Gasteiger partial charge in [0.2, 0.25) is 0 Å². The molecular formula is C24H31N3O. The molecule has 0 radical (unpaired) electrons. The molecule has 2 aromatic carbocycles. The Bertz CT molecular complexity index is 771. The molecule has 1 aliphatic carbocycles. The zero-order valence-electron chi connectivity index (χ0n) is 16.7. The molecule has 0 amide bonds. The van der Waals surface area contributed by atoms with Crippen molar-refractivity contribution < 1.29 is 4.74 Å². The van der Waals surface area contributed by atoms with Crippen molar-refractivity contribution in [1.82, 2.24) is 10.6 Å².